The average Bonchev–Trinajstić information content (AvgIpc) is 2.89. The van der Waals surface area contributed by atoms with Crippen LogP contribution in [0.5, 0.6) is 0 Å². The summed E-state index contributed by atoms with van der Waals surface area (Å²) in [6.07, 6.45) is 2.95. The Kier molecular flexibility index (Phi) is 7.97. The summed E-state index contributed by atoms with van der Waals surface area (Å²) in [5, 5.41) is 8.78. The molecule has 6 nitrogen and oxygen atoms in total. The third-order valence-electron chi connectivity index (χ3n) is 6.51. The second-order valence-electron chi connectivity index (χ2n) is 8.62. The Labute approximate surface area is 182 Å². The first-order chi connectivity index (χ1) is 14.3. The highest BCUT2D eigenvalue weighted by molar-refractivity contribution is 7.85. The number of unbranched alkanes of at least 4 members (excludes halogenated alkanes) is 3. The molecule has 0 aliphatic carbocycles. The van der Waals surface area contributed by atoms with Gasteiger partial charge in [-0.3, -0.25) is 9.35 Å². The molecule has 1 aromatic carbocycles. The van der Waals surface area contributed by atoms with E-state index in [0.717, 1.165) is 5.71 Å². The summed E-state index contributed by atoms with van der Waals surface area (Å²) in [4.78, 5) is 10.7. The van der Waals surface area contributed by atoms with Gasteiger partial charge in [0.1, 0.15) is 12.4 Å². The summed E-state index contributed by atoms with van der Waals surface area (Å²) in [5.41, 5.74) is 1.03. The SMILES string of the molecule is CC1=[N+](CCCCCC(=O)O)c2c(F)c(C)c(C)c(F)c2C1(C)CCCCS(=O)(=O)O. The summed E-state index contributed by atoms with van der Waals surface area (Å²) in [6, 6.07) is 0. The van der Waals surface area contributed by atoms with Crippen LogP contribution in [0.25, 0.3) is 0 Å². The van der Waals surface area contributed by atoms with Gasteiger partial charge in [0.15, 0.2) is 11.5 Å². The van der Waals surface area contributed by atoms with E-state index in [0.29, 0.717) is 44.2 Å². The van der Waals surface area contributed by atoms with Crippen molar-refractivity contribution in [2.24, 2.45) is 0 Å². The predicted octanol–water partition coefficient (Wildman–Crippen LogP) is 4.66. The van der Waals surface area contributed by atoms with Crippen LogP contribution in [-0.2, 0) is 20.3 Å². The number of hydrogen-bond donors (Lipinski definition) is 2. The van der Waals surface area contributed by atoms with Crippen molar-refractivity contribution in [3.63, 3.8) is 0 Å². The molecule has 31 heavy (non-hydrogen) atoms. The van der Waals surface area contributed by atoms with Crippen LogP contribution in [0.2, 0.25) is 0 Å². The molecule has 0 bridgehead atoms. The summed E-state index contributed by atoms with van der Waals surface area (Å²) in [6.45, 7) is 7.23. The zero-order chi connectivity index (χ0) is 23.6. The van der Waals surface area contributed by atoms with Gasteiger partial charge >= 0.3 is 5.97 Å². The number of nitrogens with zero attached hydrogens (tertiary/aromatic N) is 1. The Morgan fingerprint density at radius 3 is 2.19 bits per heavy atom. The van der Waals surface area contributed by atoms with Crippen LogP contribution in [0.15, 0.2) is 0 Å². The molecule has 1 atom stereocenters. The van der Waals surface area contributed by atoms with E-state index in [4.69, 9.17) is 9.66 Å². The van der Waals surface area contributed by atoms with Gasteiger partial charge in [-0.15, -0.1) is 0 Å². The minimum Gasteiger partial charge on any atom is -0.481 e. The molecule has 0 radical (unpaired) electrons. The number of benzene rings is 1. The fourth-order valence-corrected chi connectivity index (χ4v) is 4.95. The van der Waals surface area contributed by atoms with Crippen LogP contribution in [-0.4, -0.2) is 46.6 Å². The molecule has 0 spiro atoms. The number of carboxylic acids is 1. The van der Waals surface area contributed by atoms with E-state index in [1.165, 1.54) is 0 Å². The number of carbonyl (C=O) groups is 1. The largest absolute Gasteiger partial charge is 0.481 e. The molecule has 0 saturated carbocycles. The molecule has 0 fully saturated rings. The van der Waals surface area contributed by atoms with E-state index >= 15 is 8.78 Å². The van der Waals surface area contributed by atoms with Crippen molar-refractivity contribution >= 4 is 27.5 Å². The molecule has 1 aliphatic rings. The third-order valence-corrected chi connectivity index (χ3v) is 7.32. The van der Waals surface area contributed by atoms with Crippen molar-refractivity contribution in [2.45, 2.75) is 78.1 Å². The van der Waals surface area contributed by atoms with E-state index in [1.54, 1.807) is 18.4 Å². The van der Waals surface area contributed by atoms with E-state index in [-0.39, 0.29) is 35.4 Å². The number of fused-ring (bicyclic) bond motifs is 1. The van der Waals surface area contributed by atoms with Gasteiger partial charge in [-0.1, -0.05) is 6.42 Å². The minimum atomic E-state index is -4.07. The smallest absolute Gasteiger partial charge is 0.303 e. The standard InChI is InChI=1S/C22H31F2NO5S/c1-14-15(2)20(24)21-18(19(14)23)22(4,11-7-9-13-31(28,29)30)16(3)25(21)12-8-5-6-10-17(26)27/h5-13H2,1-4H3,(H-,26,27,28,29,30)/p+1. The summed E-state index contributed by atoms with van der Waals surface area (Å²) < 4.78 is 63.5. The Morgan fingerprint density at radius 1 is 1.00 bits per heavy atom. The quantitative estimate of drug-likeness (QED) is 0.285. The van der Waals surface area contributed by atoms with Crippen molar-refractivity contribution < 1.29 is 36.2 Å². The first kappa shape index (κ1) is 25.4. The number of hydrogen-bond acceptors (Lipinski definition) is 3. The maximum absolute atomic E-state index is 15.4. The Balaban J connectivity index is 2.37. The Morgan fingerprint density at radius 2 is 1.61 bits per heavy atom. The summed E-state index contributed by atoms with van der Waals surface area (Å²) >= 11 is 0. The van der Waals surface area contributed by atoms with Crippen molar-refractivity contribution in [2.75, 3.05) is 12.3 Å². The molecule has 2 N–H and O–H groups in total. The second kappa shape index (κ2) is 9.73. The molecule has 1 aromatic rings. The zero-order valence-electron chi connectivity index (χ0n) is 18.6. The molecule has 0 amide bonds. The predicted molar refractivity (Wildman–Crippen MR) is 115 cm³/mol. The monoisotopic (exact) mass is 460 g/mol. The summed E-state index contributed by atoms with van der Waals surface area (Å²) in [5.74, 6) is -2.13. The van der Waals surface area contributed by atoms with Gasteiger partial charge in [-0.25, -0.2) is 4.39 Å². The first-order valence-electron chi connectivity index (χ1n) is 10.6. The number of rotatable bonds is 11. The van der Waals surface area contributed by atoms with Gasteiger partial charge in [0.05, 0.1) is 16.7 Å². The molecule has 1 aliphatic heterocycles. The van der Waals surface area contributed by atoms with Gasteiger partial charge in [-0.05, 0) is 57.6 Å². The van der Waals surface area contributed by atoms with Crippen LogP contribution in [0.3, 0.4) is 0 Å². The maximum Gasteiger partial charge on any atom is 0.303 e. The minimum absolute atomic E-state index is 0.0755. The van der Waals surface area contributed by atoms with Crippen LogP contribution in [0.4, 0.5) is 14.5 Å². The van der Waals surface area contributed by atoms with Crippen molar-refractivity contribution in [3.8, 4) is 0 Å². The molecular formula is C22H32F2NO5S+. The number of carboxylic acid groups (broad SMARTS) is 1. The third kappa shape index (κ3) is 5.49. The van der Waals surface area contributed by atoms with E-state index in [9.17, 15) is 13.2 Å². The average molecular weight is 461 g/mol. The van der Waals surface area contributed by atoms with Gasteiger partial charge < -0.3 is 5.11 Å². The molecule has 174 valence electrons. The van der Waals surface area contributed by atoms with E-state index in [2.05, 4.69) is 0 Å². The lowest BCUT2D eigenvalue weighted by molar-refractivity contribution is -0.442. The Bertz CT molecular complexity index is 1000. The van der Waals surface area contributed by atoms with Crippen LogP contribution in [0.1, 0.15) is 75.5 Å². The van der Waals surface area contributed by atoms with Crippen molar-refractivity contribution in [3.05, 3.63) is 28.3 Å². The second-order valence-corrected chi connectivity index (χ2v) is 10.2. The first-order valence-corrected chi connectivity index (χ1v) is 12.2. The molecule has 0 saturated heterocycles. The lowest BCUT2D eigenvalue weighted by Gasteiger charge is -2.23. The topological polar surface area (TPSA) is 94.7 Å². The highest BCUT2D eigenvalue weighted by Gasteiger charge is 2.50. The van der Waals surface area contributed by atoms with Crippen molar-refractivity contribution in [1.82, 2.24) is 0 Å². The Hall–Kier alpha value is -1.87. The lowest BCUT2D eigenvalue weighted by Crippen LogP contribution is -2.31. The highest BCUT2D eigenvalue weighted by Crippen LogP contribution is 2.47. The van der Waals surface area contributed by atoms with Gasteiger partial charge in [0, 0.05) is 19.8 Å². The lowest BCUT2D eigenvalue weighted by atomic mass is 9.75. The molecule has 0 aromatic heterocycles. The fourth-order valence-electron chi connectivity index (χ4n) is 4.38. The fraction of sp³-hybridized carbons (Fsp3) is 0.636. The normalized spacial score (nSPS) is 18.5. The molecular weight excluding hydrogens is 428 g/mol. The van der Waals surface area contributed by atoms with Gasteiger partial charge in [-0.2, -0.15) is 17.4 Å². The molecule has 9 heteroatoms. The highest BCUT2D eigenvalue weighted by atomic mass is 32.2. The van der Waals surface area contributed by atoms with Crippen LogP contribution >= 0.6 is 0 Å². The summed E-state index contributed by atoms with van der Waals surface area (Å²) in [7, 11) is -4.07. The number of halogens is 2. The van der Waals surface area contributed by atoms with Crippen molar-refractivity contribution in [1.29, 1.82) is 0 Å². The van der Waals surface area contributed by atoms with E-state index in [1.807, 2.05) is 13.8 Å². The maximum atomic E-state index is 15.4. The number of aliphatic carboxylic acids is 1. The van der Waals surface area contributed by atoms with Gasteiger partial charge in [0.2, 0.25) is 5.69 Å². The molecule has 2 rings (SSSR count). The van der Waals surface area contributed by atoms with Gasteiger partial charge in [0.25, 0.3) is 10.1 Å². The van der Waals surface area contributed by atoms with Crippen LogP contribution in [0, 0.1) is 25.5 Å². The molecule has 1 unspecified atom stereocenters. The zero-order valence-corrected chi connectivity index (χ0v) is 19.4. The molecule has 1 heterocycles. The van der Waals surface area contributed by atoms with E-state index < -0.39 is 33.1 Å². The van der Waals surface area contributed by atoms with Crippen LogP contribution < -0.4 is 0 Å².